The number of morpholine rings is 1. The molecule has 1 saturated heterocycles. The maximum Gasteiger partial charge on any atom is 0.256 e. The average Bonchev–Trinajstić information content (AvgIpc) is 2.90. The van der Waals surface area contributed by atoms with Gasteiger partial charge in [-0.1, -0.05) is 72.9 Å². The Labute approximate surface area is 243 Å². The van der Waals surface area contributed by atoms with Crippen LogP contribution in [0, 0.1) is 5.82 Å². The lowest BCUT2D eigenvalue weighted by molar-refractivity contribution is -0.181. The smallest absolute Gasteiger partial charge is 0.256 e. The molecule has 0 aliphatic carbocycles. The van der Waals surface area contributed by atoms with Gasteiger partial charge in [-0.15, -0.1) is 0 Å². The second-order valence-electron chi connectivity index (χ2n) is 9.71. The van der Waals surface area contributed by atoms with E-state index in [1.54, 1.807) is 60.7 Å². The number of hydrogen-bond acceptors (Lipinski definition) is 5. The van der Waals surface area contributed by atoms with Gasteiger partial charge >= 0.3 is 0 Å². The summed E-state index contributed by atoms with van der Waals surface area (Å²) in [6, 6.07) is 17.6. The van der Waals surface area contributed by atoms with Crippen LogP contribution in [0.3, 0.4) is 0 Å². The number of rotatable bonds is 9. The first-order valence-electron chi connectivity index (χ1n) is 12.7. The molecule has 0 aromatic heterocycles. The maximum absolute atomic E-state index is 14.2. The zero-order chi connectivity index (χ0) is 29.0. The first kappa shape index (κ1) is 30.0. The lowest BCUT2D eigenvalue weighted by Crippen LogP contribution is -2.59. The number of sulfonamides is 1. The molecule has 3 aromatic carbocycles. The van der Waals surface area contributed by atoms with Crippen molar-refractivity contribution in [1.29, 1.82) is 0 Å². The van der Waals surface area contributed by atoms with E-state index in [1.807, 2.05) is 6.92 Å². The number of benzene rings is 3. The Morgan fingerprint density at radius 2 is 1.52 bits per heavy atom. The second-order valence-corrected chi connectivity index (χ2v) is 12.3. The van der Waals surface area contributed by atoms with Gasteiger partial charge in [0.05, 0.1) is 12.3 Å². The normalized spacial score (nSPS) is 20.3. The fraction of sp³-hybridized carbons (Fsp3) is 0.310. The molecule has 11 heteroatoms. The van der Waals surface area contributed by atoms with E-state index in [-0.39, 0.29) is 12.8 Å². The van der Waals surface area contributed by atoms with Crippen LogP contribution in [0.1, 0.15) is 48.6 Å². The minimum absolute atomic E-state index is 0.111. The van der Waals surface area contributed by atoms with Crippen LogP contribution in [0.5, 0.6) is 0 Å². The highest BCUT2D eigenvalue weighted by atomic mass is 35.5. The molecule has 1 N–H and O–H groups in total. The van der Waals surface area contributed by atoms with Gasteiger partial charge in [0.15, 0.2) is 0 Å². The number of nitrogens with zero attached hydrogens (tertiary/aromatic N) is 1. The van der Waals surface area contributed by atoms with Gasteiger partial charge in [-0.3, -0.25) is 14.3 Å². The van der Waals surface area contributed by atoms with E-state index in [1.165, 1.54) is 17.0 Å². The minimum atomic E-state index is -3.90. The average molecular weight is 608 g/mol. The van der Waals surface area contributed by atoms with E-state index in [4.69, 9.17) is 27.9 Å². The Balaban J connectivity index is 1.88. The topological polar surface area (TPSA) is 92.8 Å². The highest BCUT2D eigenvalue weighted by Gasteiger charge is 2.48. The van der Waals surface area contributed by atoms with E-state index < -0.39 is 51.9 Å². The third kappa shape index (κ3) is 7.20. The molecule has 1 aliphatic heterocycles. The van der Waals surface area contributed by atoms with Crippen molar-refractivity contribution in [3.05, 3.63) is 105 Å². The summed E-state index contributed by atoms with van der Waals surface area (Å²) < 4.78 is 46.2. The molecule has 4 rings (SSSR count). The Kier molecular flexibility index (Phi) is 9.51. The number of amides is 2. The van der Waals surface area contributed by atoms with Crippen LogP contribution in [0.15, 0.2) is 72.8 Å². The molecule has 0 spiro atoms. The van der Waals surface area contributed by atoms with E-state index in [0.717, 1.165) is 6.26 Å². The van der Waals surface area contributed by atoms with Crippen LogP contribution in [0.4, 0.5) is 4.39 Å². The Morgan fingerprint density at radius 1 is 0.975 bits per heavy atom. The highest BCUT2D eigenvalue weighted by Crippen LogP contribution is 2.44. The molecule has 0 saturated carbocycles. The highest BCUT2D eigenvalue weighted by molar-refractivity contribution is 7.89. The summed E-state index contributed by atoms with van der Waals surface area (Å²) in [6.07, 6.45) is -0.104. The number of hydrogen-bond donors (Lipinski definition) is 1. The predicted molar refractivity (Wildman–Crippen MR) is 152 cm³/mol. The van der Waals surface area contributed by atoms with Gasteiger partial charge in [-0.25, -0.2) is 12.8 Å². The predicted octanol–water partition coefficient (Wildman–Crippen LogP) is 5.63. The summed E-state index contributed by atoms with van der Waals surface area (Å²) in [5.41, 5.74) is 2.00. The molecular formula is C29H29Cl2FN2O5S. The molecule has 0 unspecified atom stereocenters. The summed E-state index contributed by atoms with van der Waals surface area (Å²) >= 11 is 12.3. The van der Waals surface area contributed by atoms with Crippen molar-refractivity contribution < 1.29 is 27.1 Å². The van der Waals surface area contributed by atoms with Gasteiger partial charge in [0.2, 0.25) is 10.0 Å². The molecule has 1 heterocycles. The summed E-state index contributed by atoms with van der Waals surface area (Å²) in [5, 5.41) is 0.991. The monoisotopic (exact) mass is 606 g/mol. The fourth-order valence-corrected chi connectivity index (χ4v) is 5.66. The third-order valence-corrected chi connectivity index (χ3v) is 7.73. The first-order valence-corrected chi connectivity index (χ1v) is 15.4. The number of halogens is 3. The van der Waals surface area contributed by atoms with Crippen LogP contribution in [-0.4, -0.2) is 43.5 Å². The molecule has 0 bridgehead atoms. The van der Waals surface area contributed by atoms with Gasteiger partial charge in [0, 0.05) is 16.5 Å². The molecule has 212 valence electrons. The molecular weight excluding hydrogens is 578 g/mol. The molecule has 1 aliphatic rings. The zero-order valence-electron chi connectivity index (χ0n) is 21.9. The van der Waals surface area contributed by atoms with Crippen molar-refractivity contribution in [2.45, 2.75) is 50.5 Å². The standard InChI is InChI=1S/C29H29Cl2FN2O5S/c1-3-4-24(28(35)33-40(2,37)38)34-26(19-7-11-21(30)12-8-19)27(20-9-13-22(31)14-10-20)39-25(29(34)36)17-18-5-15-23(32)16-6-18/h5-16,24-27H,3-4,17H2,1-2H3,(H,33,35)/t24-,25+,26-,27+/m1/s1. The van der Waals surface area contributed by atoms with Gasteiger partial charge in [-0.2, -0.15) is 0 Å². The van der Waals surface area contributed by atoms with Crippen LogP contribution in [0.2, 0.25) is 10.0 Å². The van der Waals surface area contributed by atoms with Crippen LogP contribution in [-0.2, 0) is 30.8 Å². The Bertz CT molecular complexity index is 1450. The van der Waals surface area contributed by atoms with E-state index in [2.05, 4.69) is 4.72 Å². The zero-order valence-corrected chi connectivity index (χ0v) is 24.2. The van der Waals surface area contributed by atoms with E-state index in [9.17, 15) is 22.4 Å². The lowest BCUT2D eigenvalue weighted by atomic mass is 9.88. The summed E-state index contributed by atoms with van der Waals surface area (Å²) in [5.74, 6) is -1.71. The Hall–Kier alpha value is -2.98. The Morgan fingerprint density at radius 3 is 2.05 bits per heavy atom. The molecule has 7 nitrogen and oxygen atoms in total. The molecule has 1 fully saturated rings. The number of carbonyl (C=O) groups excluding carboxylic acids is 2. The minimum Gasteiger partial charge on any atom is -0.358 e. The third-order valence-electron chi connectivity index (χ3n) is 6.66. The van der Waals surface area contributed by atoms with Crippen LogP contribution >= 0.6 is 23.2 Å². The fourth-order valence-electron chi connectivity index (χ4n) is 4.91. The molecule has 2 amide bonds. The number of carbonyl (C=O) groups is 2. The first-order chi connectivity index (χ1) is 19.0. The summed E-state index contributed by atoms with van der Waals surface area (Å²) in [7, 11) is -3.90. The van der Waals surface area contributed by atoms with Gasteiger partial charge in [0.1, 0.15) is 24.1 Å². The van der Waals surface area contributed by atoms with Crippen molar-refractivity contribution in [1.82, 2.24) is 9.62 Å². The SMILES string of the molecule is CCC[C@H](C(=O)NS(C)(=O)=O)N1C(=O)[C@H](Cc2ccc(F)cc2)O[C@@H](c2ccc(Cl)cc2)[C@H]1c1ccc(Cl)cc1. The molecule has 40 heavy (non-hydrogen) atoms. The second kappa shape index (κ2) is 12.7. The van der Waals surface area contributed by atoms with Gasteiger partial charge in [0.25, 0.3) is 11.8 Å². The van der Waals surface area contributed by atoms with Crippen molar-refractivity contribution in [2.75, 3.05) is 6.26 Å². The summed E-state index contributed by atoms with van der Waals surface area (Å²) in [4.78, 5) is 29.1. The van der Waals surface area contributed by atoms with E-state index >= 15 is 0 Å². The molecule has 4 atom stereocenters. The maximum atomic E-state index is 14.2. The molecule has 3 aromatic rings. The van der Waals surface area contributed by atoms with Crippen LogP contribution < -0.4 is 4.72 Å². The van der Waals surface area contributed by atoms with Crippen molar-refractivity contribution in [3.8, 4) is 0 Å². The molecule has 0 radical (unpaired) electrons. The van der Waals surface area contributed by atoms with Crippen molar-refractivity contribution in [3.63, 3.8) is 0 Å². The number of ether oxygens (including phenoxy) is 1. The van der Waals surface area contributed by atoms with Crippen molar-refractivity contribution >= 4 is 45.0 Å². The van der Waals surface area contributed by atoms with E-state index in [0.29, 0.717) is 33.2 Å². The largest absolute Gasteiger partial charge is 0.358 e. The van der Waals surface area contributed by atoms with Crippen LogP contribution in [0.25, 0.3) is 0 Å². The van der Waals surface area contributed by atoms with Gasteiger partial charge < -0.3 is 9.64 Å². The summed E-state index contributed by atoms with van der Waals surface area (Å²) in [6.45, 7) is 1.84. The number of nitrogens with one attached hydrogen (secondary N) is 1. The van der Waals surface area contributed by atoms with Crippen molar-refractivity contribution in [2.24, 2.45) is 0 Å². The van der Waals surface area contributed by atoms with Gasteiger partial charge in [-0.05, 0) is 59.5 Å². The quantitative estimate of drug-likeness (QED) is 0.341. The lowest BCUT2D eigenvalue weighted by Gasteiger charge is -2.47.